The number of carbonyl (C=O) groups is 1. The highest BCUT2D eigenvalue weighted by Gasteiger charge is 2.50. The molecule has 2 aliphatic carbocycles. The number of pyridine rings is 1. The molecule has 0 unspecified atom stereocenters. The minimum absolute atomic E-state index is 0.0728. The number of ether oxygens (including phenoxy) is 4. The first-order valence-corrected chi connectivity index (χ1v) is 29.0. The first-order valence-electron chi connectivity index (χ1n) is 27.5. The van der Waals surface area contributed by atoms with E-state index in [9.17, 15) is 28.4 Å². The fourth-order valence-corrected chi connectivity index (χ4v) is 13.7. The van der Waals surface area contributed by atoms with Crippen LogP contribution in [0.2, 0.25) is 0 Å². The second kappa shape index (κ2) is 21.9. The van der Waals surface area contributed by atoms with E-state index < -0.39 is 48.4 Å². The van der Waals surface area contributed by atoms with Crippen molar-refractivity contribution in [3.05, 3.63) is 129 Å². The summed E-state index contributed by atoms with van der Waals surface area (Å²) < 4.78 is 70.5. The van der Waals surface area contributed by atoms with Gasteiger partial charge < -0.3 is 39.3 Å². The number of sulfonamides is 1. The van der Waals surface area contributed by atoms with Gasteiger partial charge in [-0.05, 0) is 123 Å². The van der Waals surface area contributed by atoms with Crippen LogP contribution in [-0.4, -0.2) is 115 Å². The van der Waals surface area contributed by atoms with Gasteiger partial charge in [-0.25, -0.2) is 22.5 Å². The van der Waals surface area contributed by atoms with Crippen molar-refractivity contribution >= 4 is 44.0 Å². The van der Waals surface area contributed by atoms with Crippen molar-refractivity contribution < 1.29 is 46.6 Å². The number of aliphatic hydroxyl groups is 1. The molecule has 2 aromatic heterocycles. The summed E-state index contributed by atoms with van der Waals surface area (Å²) in [6.07, 6.45) is 9.54. The van der Waals surface area contributed by atoms with Crippen molar-refractivity contribution in [2.75, 3.05) is 69.8 Å². The highest BCUT2D eigenvalue weighted by atomic mass is 32.2. The molecule has 5 heterocycles. The number of rotatable bonds is 16. The smallest absolute Gasteiger partial charge is 0.293 e. The summed E-state index contributed by atoms with van der Waals surface area (Å²) in [7, 11) is -3.09. The Morgan fingerprint density at radius 1 is 0.962 bits per heavy atom. The minimum Gasteiger partial charge on any atom is -0.493 e. The number of hydrogen-bond acceptors (Lipinski definition) is 15. The number of amides is 1. The van der Waals surface area contributed by atoms with Crippen LogP contribution in [0.3, 0.4) is 0 Å². The third-order valence-corrected chi connectivity index (χ3v) is 18.5. The number of halogens is 1. The number of hydrogen-bond donors (Lipinski definition) is 4. The van der Waals surface area contributed by atoms with Gasteiger partial charge in [0.05, 0.1) is 40.0 Å². The molecule has 1 atom stereocenters. The molecule has 2 saturated heterocycles. The summed E-state index contributed by atoms with van der Waals surface area (Å²) in [5, 5.41) is 26.4. The number of aromatic nitrogens is 2. The second-order valence-corrected chi connectivity index (χ2v) is 24.5. The van der Waals surface area contributed by atoms with Crippen molar-refractivity contribution in [3.8, 4) is 28.7 Å². The Kier molecular flexibility index (Phi) is 15.0. The Morgan fingerprint density at radius 2 is 1.72 bits per heavy atom. The molecule has 18 nitrogen and oxygen atoms in total. The summed E-state index contributed by atoms with van der Waals surface area (Å²) >= 11 is 0. The summed E-state index contributed by atoms with van der Waals surface area (Å²) in [6, 6.07) is 22.7. The van der Waals surface area contributed by atoms with E-state index in [1.54, 1.807) is 32.4 Å². The van der Waals surface area contributed by atoms with Crippen LogP contribution in [0.15, 0.2) is 96.2 Å². The summed E-state index contributed by atoms with van der Waals surface area (Å²) in [5.41, 5.74) is 3.16. The van der Waals surface area contributed by atoms with E-state index in [1.807, 2.05) is 15.7 Å². The monoisotopic (exact) mass is 1100 g/mol. The molecule has 4 aromatic carbocycles. The molecule has 4 N–H and O–H groups in total. The summed E-state index contributed by atoms with van der Waals surface area (Å²) in [4.78, 5) is 39.8. The lowest BCUT2D eigenvalue weighted by Gasteiger charge is -2.58. The lowest BCUT2D eigenvalue weighted by atomic mass is 9.59. The maximum absolute atomic E-state index is 16.7. The van der Waals surface area contributed by atoms with E-state index in [2.05, 4.69) is 69.3 Å². The molecule has 3 aliphatic heterocycles. The number of nitro groups is 1. The zero-order valence-corrected chi connectivity index (χ0v) is 46.0. The van der Waals surface area contributed by atoms with Crippen LogP contribution in [0.25, 0.3) is 11.0 Å². The van der Waals surface area contributed by atoms with Gasteiger partial charge in [-0.3, -0.25) is 24.7 Å². The number of nitrogens with zero attached hydrogens (tertiary/aromatic N) is 5. The van der Waals surface area contributed by atoms with Gasteiger partial charge in [0.2, 0.25) is 5.75 Å². The lowest BCUT2D eigenvalue weighted by molar-refractivity contribution is -0.384. The largest absolute Gasteiger partial charge is 0.493 e. The maximum Gasteiger partial charge on any atom is 0.293 e. The first kappa shape index (κ1) is 54.0. The van der Waals surface area contributed by atoms with E-state index in [1.165, 1.54) is 35.5 Å². The molecule has 1 spiro atoms. The van der Waals surface area contributed by atoms with Gasteiger partial charge in [-0.2, -0.15) is 0 Å². The van der Waals surface area contributed by atoms with Crippen LogP contribution in [0, 0.1) is 27.3 Å². The highest BCUT2D eigenvalue weighted by Crippen LogP contribution is 2.54. The van der Waals surface area contributed by atoms with Gasteiger partial charge in [0.1, 0.15) is 41.9 Å². The van der Waals surface area contributed by atoms with E-state index >= 15 is 4.39 Å². The quantitative estimate of drug-likeness (QED) is 0.0524. The van der Waals surface area contributed by atoms with Gasteiger partial charge in [0.25, 0.3) is 21.6 Å². The molecule has 418 valence electrons. The van der Waals surface area contributed by atoms with Crippen LogP contribution < -0.4 is 33.9 Å². The topological polar surface area (TPSA) is 214 Å². The molecule has 4 fully saturated rings. The molecule has 0 bridgehead atoms. The Labute approximate surface area is 459 Å². The number of H-pyrrole nitrogens is 1. The number of benzene rings is 4. The standard InChI is InChI=1S/C59H69FN8O10S/c1-37(2)44-7-5-6-8-45(44)51-36-65(35-40-9-12-52(75-4)55-54(40)76-25-26-77-55)23-24-67(51)41-31-59(32-41)18-21-66(22-19-59)49-30-53(78-42-27-39-15-20-61-56(39)63-34-42)46(29-47(49)60)57(69)64-79(73,74)43-10-11-48(50(28-43)68(71)72)62-33-38-13-16-58(3,70)17-14-38/h5-12,15,20,27-30,34,37-38,41,51,62,70H,13-14,16-19,21-26,31-33,35-36H2,1-4H3,(H,61,63)(H,64,69)/t38?,51-,58?/m0/s1. The third kappa shape index (κ3) is 11.3. The lowest BCUT2D eigenvalue weighted by Crippen LogP contribution is -2.60. The van der Waals surface area contributed by atoms with Crippen LogP contribution in [0.4, 0.5) is 21.5 Å². The van der Waals surface area contributed by atoms with E-state index in [0.717, 1.165) is 93.5 Å². The molecule has 1 amide bonds. The third-order valence-electron chi connectivity index (χ3n) is 17.2. The molecule has 2 saturated carbocycles. The maximum atomic E-state index is 16.7. The number of fused-ring (bicyclic) bond motifs is 2. The molecular weight excluding hydrogens is 1030 g/mol. The Hall–Kier alpha value is -7.00. The van der Waals surface area contributed by atoms with E-state index in [0.29, 0.717) is 74.8 Å². The van der Waals surface area contributed by atoms with Crippen molar-refractivity contribution in [1.82, 2.24) is 24.5 Å². The number of carbonyl (C=O) groups excluding carboxylic acids is 1. The molecule has 20 heteroatoms. The molecule has 6 aromatic rings. The number of piperazine rings is 1. The molecule has 5 aliphatic rings. The number of nitrogens with one attached hydrogen (secondary N) is 3. The van der Waals surface area contributed by atoms with Gasteiger partial charge in [0, 0.05) is 87.2 Å². The first-order chi connectivity index (χ1) is 37.9. The van der Waals surface area contributed by atoms with Gasteiger partial charge in [-0.1, -0.05) is 44.2 Å². The Balaban J connectivity index is 0.793. The fourth-order valence-electron chi connectivity index (χ4n) is 12.7. The molecule has 11 rings (SSSR count). The minimum atomic E-state index is -4.74. The molecular formula is C59H69FN8O10S. The fraction of sp³-hybridized carbons (Fsp3) is 0.458. The van der Waals surface area contributed by atoms with Crippen LogP contribution in [-0.2, 0) is 16.6 Å². The number of nitro benzene ring substituents is 1. The van der Waals surface area contributed by atoms with Crippen molar-refractivity contribution in [1.29, 1.82) is 0 Å². The molecule has 79 heavy (non-hydrogen) atoms. The van der Waals surface area contributed by atoms with Crippen molar-refractivity contribution in [2.24, 2.45) is 11.3 Å². The highest BCUT2D eigenvalue weighted by molar-refractivity contribution is 7.90. The zero-order valence-electron chi connectivity index (χ0n) is 45.1. The predicted octanol–water partition coefficient (Wildman–Crippen LogP) is 10.1. The zero-order chi connectivity index (χ0) is 55.2. The molecule has 0 radical (unpaired) electrons. The van der Waals surface area contributed by atoms with Crippen LogP contribution >= 0.6 is 0 Å². The normalized spacial score (nSPS) is 21.7. The predicted molar refractivity (Wildman–Crippen MR) is 298 cm³/mol. The van der Waals surface area contributed by atoms with Gasteiger partial charge in [0.15, 0.2) is 11.5 Å². The average molecular weight is 1100 g/mol. The second-order valence-electron chi connectivity index (χ2n) is 22.8. The number of anilines is 2. The Bertz CT molecular complexity index is 3360. The average Bonchev–Trinajstić information content (AvgIpc) is 4.08. The Morgan fingerprint density at radius 3 is 2.47 bits per heavy atom. The number of piperidine rings is 1. The van der Waals surface area contributed by atoms with E-state index in [-0.39, 0.29) is 40.2 Å². The number of aromatic amines is 1. The van der Waals surface area contributed by atoms with Gasteiger partial charge in [-0.15, -0.1) is 0 Å². The summed E-state index contributed by atoms with van der Waals surface area (Å²) in [5.74, 6) is 0.815. The number of methoxy groups -OCH3 is 1. The SMILES string of the molecule is COc1ccc(CN2CCN(C3CC4(CCN(c5cc(Oc6cnc7[nH]ccc7c6)c(C(=O)NS(=O)(=O)c6ccc(NCC7CCC(C)(O)CC7)c([N+](=O)[O-])c6)cc5F)CC4)C3)[C@H](c3ccccc3C(C)C)C2)c2c1OCCO2. The van der Waals surface area contributed by atoms with E-state index in [4.69, 9.17) is 18.9 Å². The van der Waals surface area contributed by atoms with Gasteiger partial charge >= 0.3 is 0 Å². The van der Waals surface area contributed by atoms with Crippen molar-refractivity contribution in [3.63, 3.8) is 0 Å². The summed E-state index contributed by atoms with van der Waals surface area (Å²) in [6.45, 7) is 12.1. The van der Waals surface area contributed by atoms with Crippen LogP contribution in [0.1, 0.15) is 111 Å². The van der Waals surface area contributed by atoms with Crippen molar-refractivity contribution in [2.45, 2.75) is 107 Å². The van der Waals surface area contributed by atoms with Crippen LogP contribution in [0.5, 0.6) is 28.7 Å².